The molecule has 12 heteroatoms. The molecule has 0 radical (unpaired) electrons. The van der Waals surface area contributed by atoms with Crippen molar-refractivity contribution in [3.05, 3.63) is 81.9 Å². The second-order valence-corrected chi connectivity index (χ2v) is 8.75. The van der Waals surface area contributed by atoms with E-state index in [0.29, 0.717) is 33.1 Å². The minimum Gasteiger partial charge on any atom is -0.490 e. The number of aliphatic hydroxyl groups excluding tert-OH is 2. The van der Waals surface area contributed by atoms with Gasteiger partial charge < -0.3 is 41.2 Å². The molecule has 39 heavy (non-hydrogen) atoms. The largest absolute Gasteiger partial charge is 0.490 e. The summed E-state index contributed by atoms with van der Waals surface area (Å²) in [6, 6.07) is 14.2. The number of amidine groups is 1. The Morgan fingerprint density at radius 2 is 1.82 bits per heavy atom. The molecule has 1 atom stereocenters. The van der Waals surface area contributed by atoms with Gasteiger partial charge in [0.25, 0.3) is 5.91 Å². The van der Waals surface area contributed by atoms with E-state index in [1.54, 1.807) is 49.4 Å². The van der Waals surface area contributed by atoms with Gasteiger partial charge in [-0.2, -0.15) is 0 Å². The van der Waals surface area contributed by atoms with E-state index in [-0.39, 0.29) is 36.0 Å². The number of anilines is 2. The molecular weight excluding hydrogens is 528 g/mol. The van der Waals surface area contributed by atoms with Crippen molar-refractivity contribution in [3.8, 4) is 11.5 Å². The van der Waals surface area contributed by atoms with Crippen molar-refractivity contribution >= 4 is 40.7 Å². The maximum absolute atomic E-state index is 13.1. The molecule has 0 aliphatic heterocycles. The van der Waals surface area contributed by atoms with E-state index in [1.165, 1.54) is 12.1 Å². The van der Waals surface area contributed by atoms with Gasteiger partial charge in [0.2, 0.25) is 0 Å². The Hall–Kier alpha value is -4.32. The van der Waals surface area contributed by atoms with E-state index < -0.39 is 31.2 Å². The third-order valence-corrected chi connectivity index (χ3v) is 5.74. The van der Waals surface area contributed by atoms with Crippen LogP contribution in [0.4, 0.5) is 11.4 Å². The zero-order valence-electron chi connectivity index (χ0n) is 21.0. The molecule has 3 aromatic rings. The van der Waals surface area contributed by atoms with E-state index in [4.69, 9.17) is 37.3 Å². The van der Waals surface area contributed by atoms with E-state index >= 15 is 0 Å². The molecule has 0 aromatic heterocycles. The predicted octanol–water partition coefficient (Wildman–Crippen LogP) is 3.38. The van der Waals surface area contributed by atoms with Crippen LogP contribution < -0.4 is 25.8 Å². The second kappa shape index (κ2) is 13.5. The molecule has 206 valence electrons. The Labute approximate surface area is 229 Å². The lowest BCUT2D eigenvalue weighted by atomic mass is 10.0. The third-order valence-electron chi connectivity index (χ3n) is 5.50. The van der Waals surface area contributed by atoms with Crippen LogP contribution in [0.5, 0.6) is 11.5 Å². The average Bonchev–Trinajstić information content (AvgIpc) is 2.91. The first kappa shape index (κ1) is 29.2. The summed E-state index contributed by atoms with van der Waals surface area (Å²) in [5.74, 6) is -1.40. The Kier molecular flexibility index (Phi) is 10.1. The fourth-order valence-corrected chi connectivity index (χ4v) is 3.83. The number of aliphatic hydroxyl groups is 2. The molecular formula is C27H29ClN4O7. The highest BCUT2D eigenvalue weighted by molar-refractivity contribution is 6.31. The van der Waals surface area contributed by atoms with Gasteiger partial charge in [0.1, 0.15) is 11.9 Å². The summed E-state index contributed by atoms with van der Waals surface area (Å²) < 4.78 is 11.1. The summed E-state index contributed by atoms with van der Waals surface area (Å²) in [4.78, 5) is 24.3. The monoisotopic (exact) mass is 556 g/mol. The number of nitrogens with two attached hydrogens (primary N) is 1. The number of carboxylic acid groups (broad SMARTS) is 1. The standard InChI is InChI=1S/C27H29ClN4O7/c1-2-38-23-10-16(22(34)13-33)9-17(25(23)39-14-24(35)36)12-31-21-8-5-18(28)11-20(21)27(37)32-19-6-3-15(4-7-19)26(29)30/h3-11,22,31,33-34H,2,12-14H2,1H3,(H3,29,30)(H,32,37)(H,35,36)/t22-/m0/s1. The van der Waals surface area contributed by atoms with Crippen LogP contribution in [-0.4, -0.2) is 52.9 Å². The van der Waals surface area contributed by atoms with Crippen molar-refractivity contribution in [2.24, 2.45) is 5.73 Å². The molecule has 3 aromatic carbocycles. The van der Waals surface area contributed by atoms with Gasteiger partial charge in [-0.15, -0.1) is 0 Å². The lowest BCUT2D eigenvalue weighted by molar-refractivity contribution is -0.139. The van der Waals surface area contributed by atoms with Crippen LogP contribution in [0.2, 0.25) is 5.02 Å². The van der Waals surface area contributed by atoms with E-state index in [1.807, 2.05) is 0 Å². The number of nitrogens with one attached hydrogen (secondary N) is 3. The van der Waals surface area contributed by atoms with E-state index in [0.717, 1.165) is 0 Å². The quantitative estimate of drug-likeness (QED) is 0.122. The van der Waals surface area contributed by atoms with Gasteiger partial charge >= 0.3 is 5.97 Å². The minimum atomic E-state index is -1.21. The number of rotatable bonds is 13. The number of carbonyl (C=O) groups is 2. The van der Waals surface area contributed by atoms with Gasteiger partial charge in [-0.1, -0.05) is 11.6 Å². The first-order valence-corrected chi connectivity index (χ1v) is 12.2. The molecule has 0 saturated heterocycles. The average molecular weight is 557 g/mol. The smallest absolute Gasteiger partial charge is 0.341 e. The Morgan fingerprint density at radius 1 is 1.10 bits per heavy atom. The number of hydrogen-bond donors (Lipinski definition) is 7. The number of halogens is 1. The number of nitrogen functional groups attached to an aromatic ring is 1. The highest BCUT2D eigenvalue weighted by Gasteiger charge is 2.20. The molecule has 0 unspecified atom stereocenters. The number of ether oxygens (including phenoxy) is 2. The Balaban J connectivity index is 1.92. The Morgan fingerprint density at radius 3 is 2.44 bits per heavy atom. The summed E-state index contributed by atoms with van der Waals surface area (Å²) >= 11 is 6.17. The summed E-state index contributed by atoms with van der Waals surface area (Å²) in [7, 11) is 0. The molecule has 0 bridgehead atoms. The Bertz CT molecular complexity index is 1350. The minimum absolute atomic E-state index is 0.0379. The summed E-state index contributed by atoms with van der Waals surface area (Å²) in [5, 5.41) is 42.5. The van der Waals surface area contributed by atoms with Gasteiger partial charge in [-0.05, 0) is 67.1 Å². The van der Waals surface area contributed by atoms with Gasteiger partial charge in [-0.25, -0.2) is 4.79 Å². The van der Waals surface area contributed by atoms with Gasteiger partial charge in [-0.3, -0.25) is 10.2 Å². The van der Waals surface area contributed by atoms with Crippen molar-refractivity contribution in [3.63, 3.8) is 0 Å². The molecule has 0 aliphatic carbocycles. The number of carboxylic acids is 1. The zero-order valence-corrected chi connectivity index (χ0v) is 21.8. The SMILES string of the molecule is CCOc1cc([C@@H](O)CO)cc(CNc2ccc(Cl)cc2C(=O)Nc2ccc(C(=N)N)cc2)c1OCC(=O)O. The molecule has 0 aliphatic rings. The highest BCUT2D eigenvalue weighted by atomic mass is 35.5. The van der Waals surface area contributed by atoms with Crippen LogP contribution in [0.1, 0.15) is 40.1 Å². The van der Waals surface area contributed by atoms with Crippen molar-refractivity contribution in [2.45, 2.75) is 19.6 Å². The van der Waals surface area contributed by atoms with Gasteiger partial charge in [0.15, 0.2) is 18.1 Å². The first-order valence-electron chi connectivity index (χ1n) is 11.8. The van der Waals surface area contributed by atoms with Crippen molar-refractivity contribution in [1.82, 2.24) is 0 Å². The molecule has 0 heterocycles. The lowest BCUT2D eigenvalue weighted by Crippen LogP contribution is -2.17. The van der Waals surface area contributed by atoms with Crippen LogP contribution in [0.25, 0.3) is 0 Å². The third kappa shape index (κ3) is 7.84. The molecule has 0 saturated carbocycles. The number of hydrogen-bond acceptors (Lipinski definition) is 8. The second-order valence-electron chi connectivity index (χ2n) is 8.31. The van der Waals surface area contributed by atoms with Crippen LogP contribution >= 0.6 is 11.6 Å². The molecule has 1 amide bonds. The number of aliphatic carboxylic acids is 1. The highest BCUT2D eigenvalue weighted by Crippen LogP contribution is 2.36. The van der Waals surface area contributed by atoms with Crippen LogP contribution in [0.3, 0.4) is 0 Å². The normalized spacial score (nSPS) is 11.4. The zero-order chi connectivity index (χ0) is 28.5. The summed E-state index contributed by atoms with van der Waals surface area (Å²) in [6.45, 7) is 0.842. The van der Waals surface area contributed by atoms with E-state index in [9.17, 15) is 19.8 Å². The number of amides is 1. The predicted molar refractivity (Wildman–Crippen MR) is 147 cm³/mol. The molecule has 0 fully saturated rings. The van der Waals surface area contributed by atoms with Crippen molar-refractivity contribution < 1.29 is 34.4 Å². The van der Waals surface area contributed by atoms with Crippen LogP contribution in [0.15, 0.2) is 54.6 Å². The molecule has 11 nitrogen and oxygen atoms in total. The lowest BCUT2D eigenvalue weighted by Gasteiger charge is -2.20. The van der Waals surface area contributed by atoms with Crippen LogP contribution in [0, 0.1) is 5.41 Å². The fraction of sp³-hybridized carbons (Fsp3) is 0.222. The topological polar surface area (TPSA) is 187 Å². The van der Waals surface area contributed by atoms with Crippen molar-refractivity contribution in [2.75, 3.05) is 30.5 Å². The summed E-state index contributed by atoms with van der Waals surface area (Å²) in [6.07, 6.45) is -1.21. The maximum atomic E-state index is 13.1. The fourth-order valence-electron chi connectivity index (χ4n) is 3.65. The van der Waals surface area contributed by atoms with Gasteiger partial charge in [0, 0.05) is 34.1 Å². The number of carbonyl (C=O) groups excluding carboxylic acids is 1. The first-order chi connectivity index (χ1) is 18.6. The molecule has 0 spiro atoms. The van der Waals surface area contributed by atoms with Gasteiger partial charge in [0.05, 0.1) is 18.8 Å². The summed E-state index contributed by atoms with van der Waals surface area (Å²) in [5.41, 5.74) is 7.86. The maximum Gasteiger partial charge on any atom is 0.341 e. The molecule has 8 N–H and O–H groups in total. The van der Waals surface area contributed by atoms with Crippen molar-refractivity contribution in [1.29, 1.82) is 5.41 Å². The van der Waals surface area contributed by atoms with E-state index in [2.05, 4.69) is 10.6 Å². The molecule has 3 rings (SSSR count). The number of benzene rings is 3. The van der Waals surface area contributed by atoms with Crippen LogP contribution in [-0.2, 0) is 11.3 Å².